The second-order valence-electron chi connectivity index (χ2n) is 4.54. The summed E-state index contributed by atoms with van der Waals surface area (Å²) in [7, 11) is 0. The summed E-state index contributed by atoms with van der Waals surface area (Å²) in [4.78, 5) is 4.39. The van der Waals surface area contributed by atoms with E-state index in [9.17, 15) is 0 Å². The Bertz CT molecular complexity index is 531. The van der Waals surface area contributed by atoms with Gasteiger partial charge in [-0.2, -0.15) is 10.1 Å². The molecular weight excluding hydrogens is 242 g/mol. The van der Waals surface area contributed by atoms with Crippen molar-refractivity contribution in [2.24, 2.45) is 5.73 Å². The molecular formula is C13H21N5O. The van der Waals surface area contributed by atoms with E-state index >= 15 is 0 Å². The van der Waals surface area contributed by atoms with Crippen LogP contribution >= 0.6 is 0 Å². The Hall–Kier alpha value is -1.69. The lowest BCUT2D eigenvalue weighted by Gasteiger charge is -2.02. The normalized spacial score (nSPS) is 12.8. The molecule has 6 heteroatoms. The predicted octanol–water partition coefficient (Wildman–Crippen LogP) is 2.32. The molecule has 2 aromatic rings. The SMILES string of the molecule is CCCC(N)c1noc(-c2cc(CC)nn2CC)n1. The van der Waals surface area contributed by atoms with Gasteiger partial charge in [-0.25, -0.2) is 0 Å². The fraction of sp³-hybridized carbons (Fsp3) is 0.615. The number of nitrogens with two attached hydrogens (primary N) is 1. The van der Waals surface area contributed by atoms with Crippen molar-refractivity contribution in [2.45, 2.75) is 52.6 Å². The number of rotatable bonds is 6. The van der Waals surface area contributed by atoms with E-state index in [0.717, 1.165) is 37.2 Å². The Morgan fingerprint density at radius 3 is 2.79 bits per heavy atom. The Balaban J connectivity index is 2.29. The minimum Gasteiger partial charge on any atom is -0.332 e. The number of hydrogen-bond donors (Lipinski definition) is 1. The van der Waals surface area contributed by atoms with Crippen molar-refractivity contribution in [2.75, 3.05) is 0 Å². The molecule has 1 atom stereocenters. The molecule has 0 aliphatic heterocycles. The molecule has 19 heavy (non-hydrogen) atoms. The number of aromatic nitrogens is 4. The van der Waals surface area contributed by atoms with Crippen LogP contribution in [0.2, 0.25) is 0 Å². The molecule has 0 amide bonds. The van der Waals surface area contributed by atoms with Crippen LogP contribution in [0, 0.1) is 0 Å². The van der Waals surface area contributed by atoms with Gasteiger partial charge in [0.15, 0.2) is 5.82 Å². The molecule has 2 N–H and O–H groups in total. The Kier molecular flexibility index (Phi) is 4.31. The summed E-state index contributed by atoms with van der Waals surface area (Å²) in [6.45, 7) is 6.97. The van der Waals surface area contributed by atoms with Crippen LogP contribution in [0.25, 0.3) is 11.6 Å². The zero-order chi connectivity index (χ0) is 13.8. The summed E-state index contributed by atoms with van der Waals surface area (Å²) in [6.07, 6.45) is 2.74. The topological polar surface area (TPSA) is 82.8 Å². The monoisotopic (exact) mass is 263 g/mol. The van der Waals surface area contributed by atoms with Crippen molar-refractivity contribution in [1.82, 2.24) is 19.9 Å². The molecule has 0 bridgehead atoms. The molecule has 2 aromatic heterocycles. The zero-order valence-electron chi connectivity index (χ0n) is 11.8. The van der Waals surface area contributed by atoms with Gasteiger partial charge in [0.05, 0.1) is 11.7 Å². The fourth-order valence-corrected chi connectivity index (χ4v) is 1.99. The highest BCUT2D eigenvalue weighted by atomic mass is 16.5. The molecule has 104 valence electrons. The van der Waals surface area contributed by atoms with E-state index in [0.29, 0.717) is 11.7 Å². The third kappa shape index (κ3) is 2.84. The first kappa shape index (κ1) is 13.7. The van der Waals surface area contributed by atoms with Crippen molar-refractivity contribution >= 4 is 0 Å². The summed E-state index contributed by atoms with van der Waals surface area (Å²) >= 11 is 0. The van der Waals surface area contributed by atoms with Crippen molar-refractivity contribution in [3.63, 3.8) is 0 Å². The maximum Gasteiger partial charge on any atom is 0.276 e. The molecule has 2 heterocycles. The third-order valence-corrected chi connectivity index (χ3v) is 3.08. The van der Waals surface area contributed by atoms with Crippen LogP contribution in [-0.2, 0) is 13.0 Å². The molecule has 0 radical (unpaired) electrons. The molecule has 0 fully saturated rings. The molecule has 1 unspecified atom stereocenters. The average molecular weight is 263 g/mol. The van der Waals surface area contributed by atoms with Gasteiger partial charge in [-0.3, -0.25) is 4.68 Å². The highest BCUT2D eigenvalue weighted by Crippen LogP contribution is 2.21. The average Bonchev–Trinajstić information content (AvgIpc) is 3.05. The van der Waals surface area contributed by atoms with E-state index in [1.165, 1.54) is 0 Å². The van der Waals surface area contributed by atoms with E-state index in [2.05, 4.69) is 29.1 Å². The van der Waals surface area contributed by atoms with Crippen LogP contribution in [0.15, 0.2) is 10.6 Å². The van der Waals surface area contributed by atoms with Gasteiger partial charge >= 0.3 is 0 Å². The Morgan fingerprint density at radius 2 is 2.16 bits per heavy atom. The van der Waals surface area contributed by atoms with Gasteiger partial charge in [0, 0.05) is 6.54 Å². The minimum absolute atomic E-state index is 0.161. The van der Waals surface area contributed by atoms with Crippen LogP contribution in [-0.4, -0.2) is 19.9 Å². The van der Waals surface area contributed by atoms with Gasteiger partial charge in [0.2, 0.25) is 0 Å². The highest BCUT2D eigenvalue weighted by Gasteiger charge is 2.18. The molecule has 6 nitrogen and oxygen atoms in total. The summed E-state index contributed by atoms with van der Waals surface area (Å²) in [5, 5.41) is 8.44. The maximum atomic E-state index is 5.99. The fourth-order valence-electron chi connectivity index (χ4n) is 1.99. The van der Waals surface area contributed by atoms with Crippen LogP contribution in [0.3, 0.4) is 0 Å². The zero-order valence-corrected chi connectivity index (χ0v) is 11.8. The lowest BCUT2D eigenvalue weighted by atomic mass is 10.2. The third-order valence-electron chi connectivity index (χ3n) is 3.08. The van der Waals surface area contributed by atoms with Crippen molar-refractivity contribution in [1.29, 1.82) is 0 Å². The Labute approximate surface area is 113 Å². The molecule has 0 spiro atoms. The first-order valence-corrected chi connectivity index (χ1v) is 6.85. The van der Waals surface area contributed by atoms with Gasteiger partial charge in [0.25, 0.3) is 5.89 Å². The molecule has 0 aromatic carbocycles. The molecule has 0 aliphatic rings. The van der Waals surface area contributed by atoms with E-state index in [-0.39, 0.29) is 6.04 Å². The van der Waals surface area contributed by atoms with Crippen LogP contribution in [0.4, 0.5) is 0 Å². The predicted molar refractivity (Wildman–Crippen MR) is 72.4 cm³/mol. The summed E-state index contributed by atoms with van der Waals surface area (Å²) in [5.41, 5.74) is 7.88. The smallest absolute Gasteiger partial charge is 0.276 e. The minimum atomic E-state index is -0.161. The molecule has 0 saturated carbocycles. The largest absolute Gasteiger partial charge is 0.332 e. The molecule has 2 rings (SSSR count). The van der Waals surface area contributed by atoms with Crippen molar-refractivity contribution in [3.8, 4) is 11.6 Å². The van der Waals surface area contributed by atoms with Crippen molar-refractivity contribution < 1.29 is 4.52 Å². The Morgan fingerprint density at radius 1 is 1.37 bits per heavy atom. The first-order valence-electron chi connectivity index (χ1n) is 6.85. The van der Waals surface area contributed by atoms with E-state index in [4.69, 9.17) is 10.3 Å². The van der Waals surface area contributed by atoms with E-state index < -0.39 is 0 Å². The van der Waals surface area contributed by atoms with Gasteiger partial charge < -0.3 is 10.3 Å². The van der Waals surface area contributed by atoms with Gasteiger partial charge in [-0.05, 0) is 25.8 Å². The number of nitrogens with zero attached hydrogens (tertiary/aromatic N) is 4. The maximum absolute atomic E-state index is 5.99. The summed E-state index contributed by atoms with van der Waals surface area (Å²) < 4.78 is 7.19. The van der Waals surface area contributed by atoms with E-state index in [1.807, 2.05) is 17.7 Å². The van der Waals surface area contributed by atoms with Gasteiger partial charge in [-0.15, -0.1) is 0 Å². The highest BCUT2D eigenvalue weighted by molar-refractivity contribution is 5.48. The lowest BCUT2D eigenvalue weighted by Crippen LogP contribution is -2.11. The van der Waals surface area contributed by atoms with Crippen molar-refractivity contribution in [3.05, 3.63) is 17.6 Å². The second kappa shape index (κ2) is 5.97. The first-order chi connectivity index (χ1) is 9.19. The molecule has 0 aliphatic carbocycles. The number of hydrogen-bond acceptors (Lipinski definition) is 5. The second-order valence-corrected chi connectivity index (χ2v) is 4.54. The summed E-state index contributed by atoms with van der Waals surface area (Å²) in [5.74, 6) is 1.06. The van der Waals surface area contributed by atoms with Gasteiger partial charge in [-0.1, -0.05) is 25.4 Å². The lowest BCUT2D eigenvalue weighted by molar-refractivity contribution is 0.409. The van der Waals surface area contributed by atoms with Crippen LogP contribution in [0.1, 0.15) is 51.2 Å². The van der Waals surface area contributed by atoms with Crippen LogP contribution < -0.4 is 5.73 Å². The standard InChI is InChI=1S/C13H21N5O/c1-4-7-10(14)12-15-13(19-17-12)11-8-9(5-2)16-18(11)6-3/h8,10H,4-7,14H2,1-3H3. The summed E-state index contributed by atoms with van der Waals surface area (Å²) in [6, 6.07) is 1.83. The van der Waals surface area contributed by atoms with Gasteiger partial charge in [0.1, 0.15) is 5.69 Å². The van der Waals surface area contributed by atoms with E-state index in [1.54, 1.807) is 0 Å². The quantitative estimate of drug-likeness (QED) is 0.864. The number of aryl methyl sites for hydroxylation is 2. The van der Waals surface area contributed by atoms with Crippen LogP contribution in [0.5, 0.6) is 0 Å². The molecule has 0 saturated heterocycles.